The van der Waals surface area contributed by atoms with Gasteiger partial charge in [-0.2, -0.15) is 4.37 Å². The van der Waals surface area contributed by atoms with Gasteiger partial charge in [-0.3, -0.25) is 0 Å². The summed E-state index contributed by atoms with van der Waals surface area (Å²) >= 11 is 3.42. The van der Waals surface area contributed by atoms with Crippen molar-refractivity contribution in [3.63, 3.8) is 0 Å². The topological polar surface area (TPSA) is 37.8 Å². The maximum absolute atomic E-state index is 4.27. The highest BCUT2D eigenvalue weighted by Gasteiger charge is 2.30. The molecule has 1 saturated carbocycles. The van der Waals surface area contributed by atoms with E-state index in [1.807, 2.05) is 11.8 Å². The molecule has 3 atom stereocenters. The lowest BCUT2D eigenvalue weighted by molar-refractivity contribution is 0.304. The molecule has 0 bridgehead atoms. The van der Waals surface area contributed by atoms with Gasteiger partial charge in [-0.25, -0.2) is 4.98 Å². The van der Waals surface area contributed by atoms with E-state index >= 15 is 0 Å². The molecular weight excluding hydrogens is 238 g/mol. The number of nitrogens with zero attached hydrogens (tertiary/aromatic N) is 2. The highest BCUT2D eigenvalue weighted by Crippen LogP contribution is 2.37. The van der Waals surface area contributed by atoms with Gasteiger partial charge in [0.05, 0.1) is 0 Å². The lowest BCUT2D eigenvalue weighted by Gasteiger charge is -2.34. The molecule has 90 valence electrons. The van der Waals surface area contributed by atoms with Crippen LogP contribution >= 0.6 is 23.3 Å². The van der Waals surface area contributed by atoms with E-state index in [-0.39, 0.29) is 0 Å². The van der Waals surface area contributed by atoms with Crippen LogP contribution in [-0.2, 0) is 0 Å². The Morgan fingerprint density at radius 1 is 1.56 bits per heavy atom. The van der Waals surface area contributed by atoms with Crippen LogP contribution in [0.5, 0.6) is 0 Å². The summed E-state index contributed by atoms with van der Waals surface area (Å²) in [6.07, 6.45) is 6.94. The van der Waals surface area contributed by atoms with E-state index in [2.05, 4.69) is 28.6 Å². The Kier molecular flexibility index (Phi) is 4.61. The van der Waals surface area contributed by atoms with E-state index in [4.69, 9.17) is 0 Å². The molecule has 0 aliphatic heterocycles. The van der Waals surface area contributed by atoms with Crippen molar-refractivity contribution in [1.29, 1.82) is 0 Å². The molecule has 1 N–H and O–H groups in total. The van der Waals surface area contributed by atoms with Gasteiger partial charge in [-0.1, -0.05) is 25.1 Å². The van der Waals surface area contributed by atoms with Crippen LogP contribution in [0.4, 0.5) is 0 Å². The Labute approximate surface area is 106 Å². The fraction of sp³-hybridized carbons (Fsp3) is 0.818. The summed E-state index contributed by atoms with van der Waals surface area (Å²) in [5, 5.41) is 4.11. The van der Waals surface area contributed by atoms with Gasteiger partial charge in [-0.05, 0) is 43.8 Å². The number of hydrogen-bond donors (Lipinski definition) is 1. The summed E-state index contributed by atoms with van der Waals surface area (Å²) in [4.78, 5) is 4.27. The summed E-state index contributed by atoms with van der Waals surface area (Å²) in [6.45, 7) is 2.30. The van der Waals surface area contributed by atoms with Crippen LogP contribution in [0.25, 0.3) is 0 Å². The SMILES string of the molecule is CCC1CCC(NC)C(Sc2ncns2)C1. The molecule has 0 aromatic carbocycles. The second-order valence-electron chi connectivity index (χ2n) is 4.35. The average Bonchev–Trinajstić information content (AvgIpc) is 2.82. The molecule has 2 rings (SSSR count). The molecule has 5 heteroatoms. The molecule has 16 heavy (non-hydrogen) atoms. The first kappa shape index (κ1) is 12.3. The van der Waals surface area contributed by atoms with E-state index in [9.17, 15) is 0 Å². The molecule has 0 radical (unpaired) electrons. The first-order valence-corrected chi connectivity index (χ1v) is 7.59. The van der Waals surface area contributed by atoms with E-state index < -0.39 is 0 Å². The predicted molar refractivity (Wildman–Crippen MR) is 70.0 cm³/mol. The van der Waals surface area contributed by atoms with Crippen LogP contribution in [0.1, 0.15) is 32.6 Å². The fourth-order valence-corrected chi connectivity index (χ4v) is 4.51. The third-order valence-corrected chi connectivity index (χ3v) is 5.55. The molecule has 0 amide bonds. The maximum atomic E-state index is 4.27. The zero-order valence-electron chi connectivity index (χ0n) is 9.85. The van der Waals surface area contributed by atoms with Crippen molar-refractivity contribution < 1.29 is 0 Å². The number of aromatic nitrogens is 2. The normalized spacial score (nSPS) is 30.5. The summed E-state index contributed by atoms with van der Waals surface area (Å²) < 4.78 is 5.18. The Morgan fingerprint density at radius 2 is 2.44 bits per heavy atom. The number of thioether (sulfide) groups is 1. The Bertz CT molecular complexity index is 302. The molecule has 3 nitrogen and oxygen atoms in total. The molecular formula is C11H19N3S2. The minimum Gasteiger partial charge on any atom is -0.316 e. The zero-order valence-corrected chi connectivity index (χ0v) is 11.5. The van der Waals surface area contributed by atoms with Crippen molar-refractivity contribution in [3.8, 4) is 0 Å². The quantitative estimate of drug-likeness (QED) is 0.900. The standard InChI is InChI=1S/C11H19N3S2/c1-3-8-4-5-9(12-2)10(6-8)15-11-13-7-14-16-11/h7-10,12H,3-6H2,1-2H3. The number of nitrogens with one attached hydrogen (secondary N) is 1. The van der Waals surface area contributed by atoms with E-state index in [1.54, 1.807) is 6.33 Å². The van der Waals surface area contributed by atoms with Crippen molar-refractivity contribution >= 4 is 23.3 Å². The summed E-state index contributed by atoms with van der Waals surface area (Å²) in [5.41, 5.74) is 0. The highest BCUT2D eigenvalue weighted by molar-refractivity contribution is 8.01. The molecule has 0 spiro atoms. The van der Waals surface area contributed by atoms with E-state index in [1.165, 1.54) is 37.2 Å². The van der Waals surface area contributed by atoms with Gasteiger partial charge in [0.1, 0.15) is 6.33 Å². The Morgan fingerprint density at radius 3 is 3.06 bits per heavy atom. The highest BCUT2D eigenvalue weighted by atomic mass is 32.2. The average molecular weight is 257 g/mol. The second kappa shape index (κ2) is 5.98. The molecule has 1 aliphatic rings. The smallest absolute Gasteiger partial charge is 0.170 e. The minimum absolute atomic E-state index is 0.636. The monoisotopic (exact) mass is 257 g/mol. The molecule has 1 aromatic heterocycles. The molecule has 3 unspecified atom stereocenters. The fourth-order valence-electron chi connectivity index (χ4n) is 2.39. The third kappa shape index (κ3) is 2.96. The van der Waals surface area contributed by atoms with Crippen molar-refractivity contribution in [3.05, 3.63) is 6.33 Å². The zero-order chi connectivity index (χ0) is 11.4. The van der Waals surface area contributed by atoms with Crippen molar-refractivity contribution in [1.82, 2.24) is 14.7 Å². The Hall–Kier alpha value is -0.130. The van der Waals surface area contributed by atoms with Crippen LogP contribution in [-0.4, -0.2) is 27.7 Å². The van der Waals surface area contributed by atoms with Gasteiger partial charge in [0.25, 0.3) is 0 Å². The molecule has 1 aromatic rings. The van der Waals surface area contributed by atoms with Crippen LogP contribution in [0.2, 0.25) is 0 Å². The van der Waals surface area contributed by atoms with Crippen molar-refractivity contribution in [2.75, 3.05) is 7.05 Å². The first-order chi connectivity index (χ1) is 7.83. The lowest BCUT2D eigenvalue weighted by atomic mass is 9.84. The number of rotatable bonds is 4. The largest absolute Gasteiger partial charge is 0.316 e. The van der Waals surface area contributed by atoms with Gasteiger partial charge in [0.2, 0.25) is 0 Å². The predicted octanol–water partition coefficient (Wildman–Crippen LogP) is 2.80. The molecule has 0 saturated heterocycles. The van der Waals surface area contributed by atoms with Gasteiger partial charge in [0.15, 0.2) is 4.34 Å². The second-order valence-corrected chi connectivity index (χ2v) is 6.61. The molecule has 1 fully saturated rings. The molecule has 1 aliphatic carbocycles. The third-order valence-electron chi connectivity index (χ3n) is 3.44. The maximum Gasteiger partial charge on any atom is 0.170 e. The van der Waals surface area contributed by atoms with Crippen LogP contribution < -0.4 is 5.32 Å². The van der Waals surface area contributed by atoms with E-state index in [0.29, 0.717) is 11.3 Å². The van der Waals surface area contributed by atoms with Crippen LogP contribution in [0.15, 0.2) is 10.7 Å². The van der Waals surface area contributed by atoms with Gasteiger partial charge >= 0.3 is 0 Å². The van der Waals surface area contributed by atoms with Gasteiger partial charge in [0, 0.05) is 11.3 Å². The number of hydrogen-bond acceptors (Lipinski definition) is 5. The Balaban J connectivity index is 1.97. The van der Waals surface area contributed by atoms with Gasteiger partial charge < -0.3 is 5.32 Å². The van der Waals surface area contributed by atoms with Gasteiger partial charge in [-0.15, -0.1) is 0 Å². The van der Waals surface area contributed by atoms with Crippen LogP contribution in [0, 0.1) is 5.92 Å². The lowest BCUT2D eigenvalue weighted by Crippen LogP contribution is -2.40. The summed E-state index contributed by atoms with van der Waals surface area (Å²) in [5.74, 6) is 0.898. The van der Waals surface area contributed by atoms with Crippen molar-refractivity contribution in [2.45, 2.75) is 48.2 Å². The van der Waals surface area contributed by atoms with Crippen molar-refractivity contribution in [2.24, 2.45) is 5.92 Å². The van der Waals surface area contributed by atoms with E-state index in [0.717, 1.165) is 10.3 Å². The molecule has 1 heterocycles. The first-order valence-electron chi connectivity index (χ1n) is 5.94. The summed E-state index contributed by atoms with van der Waals surface area (Å²) in [7, 11) is 2.07. The van der Waals surface area contributed by atoms with Crippen LogP contribution in [0.3, 0.4) is 0 Å². The minimum atomic E-state index is 0.636. The summed E-state index contributed by atoms with van der Waals surface area (Å²) in [6, 6.07) is 0.636.